The van der Waals surface area contributed by atoms with Crippen molar-refractivity contribution in [2.75, 3.05) is 59.1 Å². The van der Waals surface area contributed by atoms with Crippen molar-refractivity contribution >= 4 is 11.7 Å². The van der Waals surface area contributed by atoms with Crippen LogP contribution >= 0.6 is 0 Å². The van der Waals surface area contributed by atoms with Crippen LogP contribution in [0.2, 0.25) is 0 Å². The zero-order chi connectivity index (χ0) is 27.2. The summed E-state index contributed by atoms with van der Waals surface area (Å²) in [6.07, 6.45) is 11.9. The number of carbonyl (C=O) groups is 2. The van der Waals surface area contributed by atoms with E-state index in [9.17, 15) is 14.7 Å². The van der Waals surface area contributed by atoms with Crippen LogP contribution in [0.15, 0.2) is 11.3 Å². The Morgan fingerprint density at radius 1 is 1.03 bits per heavy atom. The third kappa shape index (κ3) is 7.06. The predicted molar refractivity (Wildman–Crippen MR) is 150 cm³/mol. The largest absolute Gasteiger partial charge is 0.503 e. The SMILES string of the molecule is CC1CC(C(=O)C2=C(O)C(=O)N(CCCN3CCOCC3)C2C2CCNCC2)CCC1OCC1CCCCC1. The first kappa shape index (κ1) is 29.0. The maximum absolute atomic E-state index is 14.1. The van der Waals surface area contributed by atoms with Crippen LogP contribution in [-0.4, -0.2) is 97.8 Å². The highest BCUT2D eigenvalue weighted by Gasteiger charge is 2.48. The zero-order valence-electron chi connectivity index (χ0n) is 24.1. The first-order chi connectivity index (χ1) is 19.0. The second kappa shape index (κ2) is 13.9. The summed E-state index contributed by atoms with van der Waals surface area (Å²) in [6.45, 7) is 9.67. The molecule has 2 N–H and O–H groups in total. The highest BCUT2D eigenvalue weighted by molar-refractivity contribution is 6.09. The molecule has 2 saturated heterocycles. The maximum atomic E-state index is 14.1. The van der Waals surface area contributed by atoms with Gasteiger partial charge in [-0.05, 0) is 82.2 Å². The summed E-state index contributed by atoms with van der Waals surface area (Å²) in [5.74, 6) is 0.444. The molecule has 0 radical (unpaired) electrons. The van der Waals surface area contributed by atoms with Crippen molar-refractivity contribution in [2.45, 2.75) is 89.7 Å². The lowest BCUT2D eigenvalue weighted by Crippen LogP contribution is -2.47. The summed E-state index contributed by atoms with van der Waals surface area (Å²) in [6, 6.07) is -0.299. The molecule has 39 heavy (non-hydrogen) atoms. The van der Waals surface area contributed by atoms with E-state index in [0.29, 0.717) is 24.0 Å². The van der Waals surface area contributed by atoms with E-state index in [2.05, 4.69) is 17.1 Å². The van der Waals surface area contributed by atoms with E-state index in [1.165, 1.54) is 32.1 Å². The number of carbonyl (C=O) groups excluding carboxylic acids is 2. The Morgan fingerprint density at radius 3 is 2.49 bits per heavy atom. The van der Waals surface area contributed by atoms with Crippen LogP contribution in [0.25, 0.3) is 0 Å². The molecule has 3 heterocycles. The summed E-state index contributed by atoms with van der Waals surface area (Å²) in [4.78, 5) is 31.7. The number of piperidine rings is 1. The van der Waals surface area contributed by atoms with Gasteiger partial charge >= 0.3 is 0 Å². The number of aliphatic hydroxyl groups excluding tert-OH is 1. The molecule has 4 atom stereocenters. The van der Waals surface area contributed by atoms with Crippen molar-refractivity contribution in [3.8, 4) is 0 Å². The van der Waals surface area contributed by atoms with E-state index in [4.69, 9.17) is 9.47 Å². The average Bonchev–Trinajstić information content (AvgIpc) is 3.23. The van der Waals surface area contributed by atoms with Gasteiger partial charge in [-0.15, -0.1) is 0 Å². The number of ketones is 1. The molecular formula is C31H51N3O5. The van der Waals surface area contributed by atoms with E-state index in [-0.39, 0.29) is 41.4 Å². The van der Waals surface area contributed by atoms with Crippen LogP contribution in [0.4, 0.5) is 0 Å². The number of aliphatic hydroxyl groups is 1. The quantitative estimate of drug-likeness (QED) is 0.433. The number of amides is 1. The number of Topliss-reactive ketones (excluding diaryl/α,β-unsaturated/α-hetero) is 1. The van der Waals surface area contributed by atoms with Gasteiger partial charge in [-0.2, -0.15) is 0 Å². The number of hydrogen-bond donors (Lipinski definition) is 2. The molecule has 2 aliphatic carbocycles. The molecule has 0 aromatic rings. The molecule has 4 fully saturated rings. The van der Waals surface area contributed by atoms with Gasteiger partial charge in [-0.1, -0.05) is 26.2 Å². The monoisotopic (exact) mass is 545 g/mol. The third-order valence-corrected chi connectivity index (χ3v) is 10.2. The Kier molecular flexibility index (Phi) is 10.4. The average molecular weight is 546 g/mol. The van der Waals surface area contributed by atoms with E-state index >= 15 is 0 Å². The molecular weight excluding hydrogens is 494 g/mol. The van der Waals surface area contributed by atoms with Gasteiger partial charge in [0.2, 0.25) is 0 Å². The third-order valence-electron chi connectivity index (χ3n) is 10.2. The summed E-state index contributed by atoms with van der Waals surface area (Å²) in [5.41, 5.74) is 0.414. The summed E-state index contributed by atoms with van der Waals surface area (Å²) >= 11 is 0. The van der Waals surface area contributed by atoms with Crippen LogP contribution in [0.3, 0.4) is 0 Å². The molecule has 2 saturated carbocycles. The van der Waals surface area contributed by atoms with E-state index in [0.717, 1.165) is 91.1 Å². The smallest absolute Gasteiger partial charge is 0.289 e. The molecule has 8 heteroatoms. The standard InChI is InChI=1S/C31H51N3O5/c1-22-20-25(8-9-26(22)39-21-23-6-3-2-4-7-23)29(35)27-28(24-10-12-32-13-11-24)34(31(37)30(27)36)15-5-14-33-16-18-38-19-17-33/h22-26,28,32,36H,2-21H2,1H3. The Morgan fingerprint density at radius 2 is 1.77 bits per heavy atom. The topological polar surface area (TPSA) is 91.3 Å². The van der Waals surface area contributed by atoms with Crippen molar-refractivity contribution in [1.82, 2.24) is 15.1 Å². The predicted octanol–water partition coefficient (Wildman–Crippen LogP) is 3.70. The van der Waals surface area contributed by atoms with Gasteiger partial charge < -0.3 is 24.8 Å². The van der Waals surface area contributed by atoms with Crippen LogP contribution in [0.1, 0.15) is 77.6 Å². The van der Waals surface area contributed by atoms with Gasteiger partial charge in [0.25, 0.3) is 5.91 Å². The Hall–Kier alpha value is -1.48. The van der Waals surface area contributed by atoms with Gasteiger partial charge in [0.05, 0.1) is 30.9 Å². The first-order valence-electron chi connectivity index (χ1n) is 15.9. The molecule has 0 bridgehead atoms. The van der Waals surface area contributed by atoms with Gasteiger partial charge in [0.15, 0.2) is 11.5 Å². The fraction of sp³-hybridized carbons (Fsp3) is 0.871. The molecule has 5 rings (SSSR count). The molecule has 1 amide bonds. The molecule has 220 valence electrons. The zero-order valence-corrected chi connectivity index (χ0v) is 24.1. The molecule has 0 aromatic carbocycles. The van der Waals surface area contributed by atoms with E-state index in [1.54, 1.807) is 0 Å². The van der Waals surface area contributed by atoms with Gasteiger partial charge in [0.1, 0.15) is 0 Å². The first-order valence-corrected chi connectivity index (χ1v) is 15.9. The van der Waals surface area contributed by atoms with Gasteiger partial charge in [0, 0.05) is 38.7 Å². The fourth-order valence-corrected chi connectivity index (χ4v) is 7.80. The molecule has 0 aromatic heterocycles. The second-order valence-corrected chi connectivity index (χ2v) is 12.8. The maximum Gasteiger partial charge on any atom is 0.289 e. The minimum Gasteiger partial charge on any atom is -0.503 e. The number of nitrogens with one attached hydrogen (secondary N) is 1. The van der Waals surface area contributed by atoms with Crippen molar-refractivity contribution in [3.63, 3.8) is 0 Å². The van der Waals surface area contributed by atoms with Crippen molar-refractivity contribution in [3.05, 3.63) is 11.3 Å². The normalized spacial score (nSPS) is 32.2. The highest BCUT2D eigenvalue weighted by atomic mass is 16.5. The Labute approximate surface area is 234 Å². The molecule has 4 unspecified atom stereocenters. The van der Waals surface area contributed by atoms with Crippen LogP contribution in [-0.2, 0) is 19.1 Å². The molecule has 8 nitrogen and oxygen atoms in total. The summed E-state index contributed by atoms with van der Waals surface area (Å²) < 4.78 is 11.9. The number of rotatable bonds is 10. The molecule has 0 spiro atoms. The number of ether oxygens (including phenoxy) is 2. The number of morpholine rings is 1. The summed E-state index contributed by atoms with van der Waals surface area (Å²) in [5, 5.41) is 14.5. The molecule has 5 aliphatic rings. The van der Waals surface area contributed by atoms with Gasteiger partial charge in [-0.25, -0.2) is 0 Å². The van der Waals surface area contributed by atoms with Crippen LogP contribution < -0.4 is 5.32 Å². The molecule has 3 aliphatic heterocycles. The fourth-order valence-electron chi connectivity index (χ4n) is 7.80. The van der Waals surface area contributed by atoms with Crippen molar-refractivity contribution < 1.29 is 24.2 Å². The summed E-state index contributed by atoms with van der Waals surface area (Å²) in [7, 11) is 0. The number of nitrogens with zero attached hydrogens (tertiary/aromatic N) is 2. The van der Waals surface area contributed by atoms with Gasteiger partial charge in [-0.3, -0.25) is 14.5 Å². The minimum absolute atomic E-state index is 0.0117. The highest BCUT2D eigenvalue weighted by Crippen LogP contribution is 2.40. The number of hydrogen-bond acceptors (Lipinski definition) is 7. The second-order valence-electron chi connectivity index (χ2n) is 12.8. The van der Waals surface area contributed by atoms with Crippen LogP contribution in [0, 0.1) is 23.7 Å². The lowest BCUT2D eigenvalue weighted by Gasteiger charge is -2.38. The lowest BCUT2D eigenvalue weighted by atomic mass is 9.74. The Bertz CT molecular complexity index is 860. The van der Waals surface area contributed by atoms with Crippen LogP contribution in [0.5, 0.6) is 0 Å². The van der Waals surface area contributed by atoms with Crippen molar-refractivity contribution in [2.24, 2.45) is 23.7 Å². The lowest BCUT2D eigenvalue weighted by molar-refractivity contribution is -0.130. The minimum atomic E-state index is -0.346. The van der Waals surface area contributed by atoms with E-state index < -0.39 is 0 Å². The Balaban J connectivity index is 1.22. The van der Waals surface area contributed by atoms with E-state index in [1.807, 2.05) is 4.90 Å². The van der Waals surface area contributed by atoms with Crippen molar-refractivity contribution in [1.29, 1.82) is 0 Å².